The first-order chi connectivity index (χ1) is 9.92. The van der Waals surface area contributed by atoms with Crippen molar-refractivity contribution >= 4 is 9.84 Å². The molecule has 2 heterocycles. The minimum absolute atomic E-state index is 0.234. The first kappa shape index (κ1) is 14.6. The number of hydrogen-bond donors (Lipinski definition) is 0. The second-order valence-corrected chi connectivity index (χ2v) is 7.76. The Labute approximate surface area is 124 Å². The monoisotopic (exact) mass is 310 g/mol. The Hall–Kier alpha value is -1.37. The Morgan fingerprint density at radius 3 is 2.57 bits per heavy atom. The summed E-state index contributed by atoms with van der Waals surface area (Å²) in [6.07, 6.45) is -1.09. The summed E-state index contributed by atoms with van der Waals surface area (Å²) in [6.45, 7) is 3.66. The fraction of sp³-hybridized carbons (Fsp3) is 0.467. The van der Waals surface area contributed by atoms with Gasteiger partial charge in [-0.1, -0.05) is 18.2 Å². The van der Waals surface area contributed by atoms with E-state index >= 15 is 0 Å². The normalized spacial score (nSPS) is 32.3. The van der Waals surface area contributed by atoms with Crippen molar-refractivity contribution in [1.82, 2.24) is 0 Å². The number of fused-ring (bicyclic) bond motifs is 2. The molecule has 5 nitrogen and oxygen atoms in total. The van der Waals surface area contributed by atoms with Crippen LogP contribution in [0.2, 0.25) is 0 Å². The van der Waals surface area contributed by atoms with Gasteiger partial charge in [-0.3, -0.25) is 0 Å². The van der Waals surface area contributed by atoms with Crippen molar-refractivity contribution in [2.75, 3.05) is 13.7 Å². The van der Waals surface area contributed by atoms with E-state index in [1.54, 1.807) is 44.2 Å². The van der Waals surface area contributed by atoms with Crippen LogP contribution in [0.3, 0.4) is 0 Å². The second kappa shape index (κ2) is 4.83. The lowest BCUT2D eigenvalue weighted by atomic mass is 9.96. The quantitative estimate of drug-likeness (QED) is 0.853. The largest absolute Gasteiger partial charge is 0.499 e. The summed E-state index contributed by atoms with van der Waals surface area (Å²) in [7, 11) is -2.19. The molecule has 0 unspecified atom stereocenters. The summed E-state index contributed by atoms with van der Waals surface area (Å²) in [5.74, 6) is 0.421. The van der Waals surface area contributed by atoms with Crippen molar-refractivity contribution in [2.45, 2.75) is 35.9 Å². The Kier molecular flexibility index (Phi) is 3.35. The first-order valence-electron chi connectivity index (χ1n) is 6.75. The predicted molar refractivity (Wildman–Crippen MR) is 76.4 cm³/mol. The Balaban J connectivity index is 2.21. The molecule has 6 heteroatoms. The second-order valence-electron chi connectivity index (χ2n) is 5.43. The van der Waals surface area contributed by atoms with Crippen molar-refractivity contribution in [3.05, 3.63) is 41.7 Å². The van der Waals surface area contributed by atoms with E-state index in [2.05, 4.69) is 0 Å². The molecule has 1 fully saturated rings. The van der Waals surface area contributed by atoms with Gasteiger partial charge in [-0.25, -0.2) is 8.42 Å². The van der Waals surface area contributed by atoms with Crippen molar-refractivity contribution < 1.29 is 22.6 Å². The van der Waals surface area contributed by atoms with E-state index in [1.165, 1.54) is 7.11 Å². The lowest BCUT2D eigenvalue weighted by molar-refractivity contribution is -0.0528. The van der Waals surface area contributed by atoms with Crippen molar-refractivity contribution in [3.8, 4) is 0 Å². The highest BCUT2D eigenvalue weighted by Crippen LogP contribution is 2.46. The lowest BCUT2D eigenvalue weighted by Crippen LogP contribution is -2.52. The average Bonchev–Trinajstić information content (AvgIpc) is 2.94. The van der Waals surface area contributed by atoms with Gasteiger partial charge >= 0.3 is 0 Å². The third-order valence-corrected chi connectivity index (χ3v) is 6.74. The standard InChI is InChI=1S/C15H18O5S/c1-10-13(18-3)15(2,12-9-19-14(10)20-12)21(16,17)11-7-5-4-6-8-11/h4-8,12,14H,9H2,1-3H3/t12-,14-,15-/m1/s1. The molecule has 1 aromatic carbocycles. The highest BCUT2D eigenvalue weighted by Gasteiger charge is 2.59. The SMILES string of the molecule is COC1=C(C)[C@@H]2OC[C@@H](O2)[C@@]1(C)S(=O)(=O)c1ccccc1. The molecule has 0 aliphatic carbocycles. The van der Waals surface area contributed by atoms with Gasteiger partial charge in [0.25, 0.3) is 0 Å². The van der Waals surface area contributed by atoms with Crippen molar-refractivity contribution in [2.24, 2.45) is 0 Å². The molecule has 21 heavy (non-hydrogen) atoms. The Bertz CT molecular complexity index is 679. The Morgan fingerprint density at radius 1 is 1.29 bits per heavy atom. The molecule has 1 saturated heterocycles. The summed E-state index contributed by atoms with van der Waals surface area (Å²) < 4.78 is 41.7. The average molecular weight is 310 g/mol. The smallest absolute Gasteiger partial charge is 0.193 e. The van der Waals surface area contributed by atoms with Gasteiger partial charge < -0.3 is 14.2 Å². The topological polar surface area (TPSA) is 61.8 Å². The minimum atomic E-state index is -3.68. The van der Waals surface area contributed by atoms with Gasteiger partial charge in [-0.15, -0.1) is 0 Å². The maximum atomic E-state index is 13.2. The van der Waals surface area contributed by atoms with Crippen molar-refractivity contribution in [1.29, 1.82) is 0 Å². The molecule has 0 radical (unpaired) electrons. The van der Waals surface area contributed by atoms with Gasteiger partial charge in [-0.05, 0) is 26.0 Å². The predicted octanol–water partition coefficient (Wildman–Crippen LogP) is 1.89. The summed E-state index contributed by atoms with van der Waals surface area (Å²) >= 11 is 0. The fourth-order valence-corrected chi connectivity index (χ4v) is 5.03. The minimum Gasteiger partial charge on any atom is -0.499 e. The highest BCUT2D eigenvalue weighted by molar-refractivity contribution is 7.93. The molecule has 0 amide bonds. The molecule has 3 rings (SSSR count). The summed E-state index contributed by atoms with van der Waals surface area (Å²) in [5.41, 5.74) is 0.674. The van der Waals surface area contributed by atoms with E-state index in [4.69, 9.17) is 14.2 Å². The molecule has 1 aromatic rings. The van der Waals surface area contributed by atoms with Gasteiger partial charge in [0.2, 0.25) is 0 Å². The molecule has 0 saturated carbocycles. The summed E-state index contributed by atoms with van der Waals surface area (Å²) in [4.78, 5) is 0.254. The van der Waals surface area contributed by atoms with Gasteiger partial charge in [-0.2, -0.15) is 0 Å². The van der Waals surface area contributed by atoms with Crippen LogP contribution < -0.4 is 0 Å². The van der Waals surface area contributed by atoms with E-state index in [-0.39, 0.29) is 11.5 Å². The van der Waals surface area contributed by atoms with Gasteiger partial charge in [0.05, 0.1) is 18.6 Å². The number of methoxy groups -OCH3 is 1. The molecular formula is C15H18O5S. The van der Waals surface area contributed by atoms with Crippen LogP contribution in [0.4, 0.5) is 0 Å². The van der Waals surface area contributed by atoms with E-state index in [0.717, 1.165) is 0 Å². The molecule has 0 spiro atoms. The zero-order valence-corrected chi connectivity index (χ0v) is 13.0. The molecule has 0 aromatic heterocycles. The molecule has 2 aliphatic rings. The van der Waals surface area contributed by atoms with E-state index in [1.807, 2.05) is 0 Å². The molecule has 3 atom stereocenters. The van der Waals surface area contributed by atoms with Crippen LogP contribution in [0.25, 0.3) is 0 Å². The molecular weight excluding hydrogens is 292 g/mol. The van der Waals surface area contributed by atoms with Crippen LogP contribution in [0.15, 0.2) is 46.6 Å². The van der Waals surface area contributed by atoms with Crippen LogP contribution in [0.1, 0.15) is 13.8 Å². The summed E-state index contributed by atoms with van der Waals surface area (Å²) in [6, 6.07) is 8.37. The van der Waals surface area contributed by atoms with Crippen LogP contribution in [-0.2, 0) is 24.0 Å². The highest BCUT2D eigenvalue weighted by atomic mass is 32.2. The van der Waals surface area contributed by atoms with E-state index in [0.29, 0.717) is 11.3 Å². The fourth-order valence-electron chi connectivity index (χ4n) is 3.07. The number of sulfone groups is 1. The lowest BCUT2D eigenvalue weighted by Gasteiger charge is -2.38. The zero-order chi connectivity index (χ0) is 15.3. The van der Waals surface area contributed by atoms with Crippen molar-refractivity contribution in [3.63, 3.8) is 0 Å². The van der Waals surface area contributed by atoms with Crippen LogP contribution >= 0.6 is 0 Å². The van der Waals surface area contributed by atoms with Gasteiger partial charge in [0, 0.05) is 5.57 Å². The Morgan fingerprint density at radius 2 is 1.95 bits per heavy atom. The maximum Gasteiger partial charge on any atom is 0.193 e. The summed E-state index contributed by atoms with van der Waals surface area (Å²) in [5, 5.41) is 0. The number of benzene rings is 1. The molecule has 2 aliphatic heterocycles. The van der Waals surface area contributed by atoms with E-state index in [9.17, 15) is 8.42 Å². The first-order valence-corrected chi connectivity index (χ1v) is 8.23. The molecule has 0 N–H and O–H groups in total. The number of ether oxygens (including phenoxy) is 3. The van der Waals surface area contributed by atoms with Gasteiger partial charge in [0.1, 0.15) is 11.9 Å². The van der Waals surface area contributed by atoms with Crippen LogP contribution in [-0.4, -0.2) is 39.3 Å². The third-order valence-electron chi connectivity index (χ3n) is 4.28. The molecule has 114 valence electrons. The third kappa shape index (κ3) is 1.86. The van der Waals surface area contributed by atoms with Crippen LogP contribution in [0, 0.1) is 0 Å². The number of rotatable bonds is 3. The van der Waals surface area contributed by atoms with Gasteiger partial charge in [0.15, 0.2) is 20.9 Å². The van der Waals surface area contributed by atoms with Crippen LogP contribution in [0.5, 0.6) is 0 Å². The molecule has 2 bridgehead atoms. The zero-order valence-electron chi connectivity index (χ0n) is 12.2. The number of hydrogen-bond acceptors (Lipinski definition) is 5. The van der Waals surface area contributed by atoms with E-state index < -0.39 is 27.0 Å². The maximum absolute atomic E-state index is 13.2.